The van der Waals surface area contributed by atoms with Crippen molar-refractivity contribution >= 4 is 28.6 Å². The highest BCUT2D eigenvalue weighted by molar-refractivity contribution is 6.12. The summed E-state index contributed by atoms with van der Waals surface area (Å²) in [5.41, 5.74) is 8.47. The minimum Gasteiger partial charge on any atom is -0.621 e. The first-order valence-corrected chi connectivity index (χ1v) is 15.3. The second-order valence-electron chi connectivity index (χ2n) is 12.5. The average Bonchev–Trinajstić information content (AvgIpc) is 3.48. The summed E-state index contributed by atoms with van der Waals surface area (Å²) in [5, 5.41) is 41.5. The third-order valence-electron chi connectivity index (χ3n) is 10.4. The molecule has 0 radical (unpaired) electrons. The van der Waals surface area contributed by atoms with Crippen LogP contribution in [0.2, 0.25) is 0 Å². The molecule has 6 heterocycles. The largest absolute Gasteiger partial charge is 0.621 e. The molecule has 0 bridgehead atoms. The number of rotatable bonds is 2. The Morgan fingerprint density at radius 1 is 0.714 bits per heavy atom. The molecule has 0 saturated carbocycles. The lowest BCUT2D eigenvalue weighted by atomic mass is 9.84. The fourth-order valence-corrected chi connectivity index (χ4v) is 8.39. The Kier molecular flexibility index (Phi) is 5.38. The Balaban J connectivity index is 1.25. The van der Waals surface area contributed by atoms with Crippen molar-refractivity contribution in [2.24, 2.45) is 5.92 Å². The first kappa shape index (κ1) is 25.1. The maximum atomic E-state index is 15.4. The smallest absolute Gasteiger partial charge is 0.238 e. The topological polar surface area (TPSA) is 95.1 Å². The van der Waals surface area contributed by atoms with Crippen molar-refractivity contribution in [2.45, 2.75) is 44.4 Å². The van der Waals surface area contributed by atoms with E-state index in [1.165, 1.54) is 5.56 Å². The van der Waals surface area contributed by atoms with Gasteiger partial charge in [-0.1, -0.05) is 24.3 Å². The number of hydrogen-bond donors (Lipinski definition) is 3. The summed E-state index contributed by atoms with van der Waals surface area (Å²) in [4.78, 5) is 4.96. The summed E-state index contributed by atoms with van der Waals surface area (Å²) in [6, 6.07) is 24.0. The van der Waals surface area contributed by atoms with Gasteiger partial charge >= 0.3 is 0 Å². The number of piperidine rings is 2. The maximum absolute atomic E-state index is 15.4. The van der Waals surface area contributed by atoms with Gasteiger partial charge in [-0.25, -0.2) is 4.65 Å². The number of nitrogens with one attached hydrogen (secondary N) is 3. The predicted molar refractivity (Wildman–Crippen MR) is 167 cm³/mol. The lowest BCUT2D eigenvalue weighted by Crippen LogP contribution is -2.64. The van der Waals surface area contributed by atoms with Gasteiger partial charge in [0.2, 0.25) is 5.82 Å². The van der Waals surface area contributed by atoms with E-state index in [1.54, 1.807) is 0 Å². The van der Waals surface area contributed by atoms with Crippen molar-refractivity contribution in [3.63, 3.8) is 0 Å². The Morgan fingerprint density at radius 2 is 1.48 bits per heavy atom. The molecule has 1 aromatic heterocycles. The van der Waals surface area contributed by atoms with Crippen LogP contribution in [0, 0.1) is 16.3 Å². The van der Waals surface area contributed by atoms with Crippen LogP contribution in [0.25, 0.3) is 22.3 Å². The fourth-order valence-electron chi connectivity index (χ4n) is 8.39. The molecule has 8 nitrogen and oxygen atoms in total. The molecule has 8 heteroatoms. The van der Waals surface area contributed by atoms with Gasteiger partial charge in [0.15, 0.2) is 17.5 Å². The predicted octanol–water partition coefficient (Wildman–Crippen LogP) is 5.98. The SMILES string of the molecule is [O-][N+]1(c2ccc3c(n2)CNCC3)c2ccccc2-c2c1ccc1c2-c2ccccc2[N+]1([O-])C1CCC2CCNCC2N1. The molecule has 4 aromatic rings. The molecule has 9 rings (SSSR count). The zero-order valence-electron chi connectivity index (χ0n) is 23.5. The van der Waals surface area contributed by atoms with E-state index in [1.807, 2.05) is 60.7 Å². The number of nitrogens with zero attached hydrogens (tertiary/aromatic N) is 3. The number of pyridine rings is 1. The Labute approximate surface area is 245 Å². The van der Waals surface area contributed by atoms with Crippen molar-refractivity contribution < 1.29 is 0 Å². The van der Waals surface area contributed by atoms with Gasteiger partial charge in [0, 0.05) is 55.9 Å². The van der Waals surface area contributed by atoms with Crippen LogP contribution in [0.4, 0.5) is 28.6 Å². The van der Waals surface area contributed by atoms with Crippen LogP contribution in [-0.4, -0.2) is 36.8 Å². The zero-order chi connectivity index (χ0) is 28.1. The number of hydrogen-bond acceptors (Lipinski definition) is 6. The van der Waals surface area contributed by atoms with Crippen LogP contribution in [0.3, 0.4) is 0 Å². The molecular weight excluding hydrogens is 524 g/mol. The van der Waals surface area contributed by atoms with Gasteiger partial charge < -0.3 is 21.0 Å². The number of quaternary nitrogens is 2. The highest BCUT2D eigenvalue weighted by atomic mass is 16.6. The summed E-state index contributed by atoms with van der Waals surface area (Å²) >= 11 is 0. The van der Waals surface area contributed by atoms with E-state index in [-0.39, 0.29) is 6.17 Å². The van der Waals surface area contributed by atoms with Crippen molar-refractivity contribution in [3.05, 3.63) is 94.5 Å². The Hall–Kier alpha value is -3.47. The third-order valence-corrected chi connectivity index (χ3v) is 10.4. The van der Waals surface area contributed by atoms with E-state index in [0.717, 1.165) is 84.6 Å². The highest BCUT2D eigenvalue weighted by Crippen LogP contribution is 2.65. The van der Waals surface area contributed by atoms with E-state index in [2.05, 4.69) is 28.1 Å². The molecule has 3 aromatic carbocycles. The van der Waals surface area contributed by atoms with E-state index in [9.17, 15) is 0 Å². The van der Waals surface area contributed by atoms with Gasteiger partial charge in [-0.3, -0.25) is 9.96 Å². The maximum Gasteiger partial charge on any atom is 0.238 e. The molecule has 2 fully saturated rings. The summed E-state index contributed by atoms with van der Waals surface area (Å²) in [6.45, 7) is 3.53. The van der Waals surface area contributed by atoms with Crippen LogP contribution in [0.1, 0.15) is 30.5 Å². The molecule has 42 heavy (non-hydrogen) atoms. The van der Waals surface area contributed by atoms with Crippen LogP contribution >= 0.6 is 0 Å². The van der Waals surface area contributed by atoms with Gasteiger partial charge in [0.05, 0.1) is 27.9 Å². The van der Waals surface area contributed by atoms with E-state index >= 15 is 10.4 Å². The minimum atomic E-state index is -0.760. The molecule has 3 N–H and O–H groups in total. The summed E-state index contributed by atoms with van der Waals surface area (Å²) in [6.07, 6.45) is 3.65. The molecule has 0 amide bonds. The van der Waals surface area contributed by atoms with Gasteiger partial charge in [-0.05, 0) is 62.0 Å². The minimum absolute atomic E-state index is 0.287. The number of para-hydroxylation sites is 2. The highest BCUT2D eigenvalue weighted by Gasteiger charge is 2.51. The van der Waals surface area contributed by atoms with E-state index < -0.39 is 9.29 Å². The van der Waals surface area contributed by atoms with Gasteiger partial charge in [-0.15, -0.1) is 0 Å². The second-order valence-corrected chi connectivity index (χ2v) is 12.5. The summed E-state index contributed by atoms with van der Waals surface area (Å²) < 4.78 is -1.30. The normalized spacial score (nSPS) is 30.5. The molecule has 0 spiro atoms. The lowest BCUT2D eigenvalue weighted by Gasteiger charge is -2.51. The Bertz CT molecular complexity index is 1760. The van der Waals surface area contributed by atoms with Crippen molar-refractivity contribution in [2.75, 3.05) is 19.6 Å². The van der Waals surface area contributed by atoms with E-state index in [0.29, 0.717) is 35.7 Å². The molecule has 5 unspecified atom stereocenters. The average molecular weight is 559 g/mol. The van der Waals surface area contributed by atoms with Crippen molar-refractivity contribution in [1.82, 2.24) is 30.2 Å². The number of hydroxylamine groups is 1. The number of fused-ring (bicyclic) bond motifs is 9. The summed E-state index contributed by atoms with van der Waals surface area (Å²) in [7, 11) is 0. The first-order chi connectivity index (χ1) is 20.6. The molecule has 212 valence electrons. The zero-order valence-corrected chi connectivity index (χ0v) is 23.5. The first-order valence-electron chi connectivity index (χ1n) is 15.3. The number of aromatic nitrogens is 1. The van der Waals surface area contributed by atoms with Crippen LogP contribution in [0.15, 0.2) is 72.8 Å². The van der Waals surface area contributed by atoms with Crippen LogP contribution in [0.5, 0.6) is 0 Å². The molecule has 5 aliphatic heterocycles. The lowest BCUT2D eigenvalue weighted by molar-refractivity contribution is 0.139. The van der Waals surface area contributed by atoms with Crippen molar-refractivity contribution in [1.29, 1.82) is 0 Å². The number of benzene rings is 3. The quantitative estimate of drug-likeness (QED) is 0.207. The monoisotopic (exact) mass is 558 g/mol. The molecule has 5 atom stereocenters. The fraction of sp³-hybridized carbons (Fsp3) is 0.324. The van der Waals surface area contributed by atoms with Crippen LogP contribution in [-0.2, 0) is 13.0 Å². The van der Waals surface area contributed by atoms with E-state index in [4.69, 9.17) is 4.98 Å². The standard InChI is InChI=1S/C34H34N6O2/c41-39(31-13-9-21-15-17-35-19-25(21)37-31)27-7-3-1-5-23(27)33-29(39)11-12-30-34(33)24-6-2-4-8-28(24)40(30,42)32-14-10-22-16-18-36-20-26(22)38-32/h1-9,11-13,22,26,32,35-36,38H,10,14-20H2. The van der Waals surface area contributed by atoms with Crippen LogP contribution < -0.4 is 25.2 Å². The summed E-state index contributed by atoms with van der Waals surface area (Å²) in [5.74, 6) is 1.07. The Morgan fingerprint density at radius 3 is 2.36 bits per heavy atom. The van der Waals surface area contributed by atoms with Gasteiger partial charge in [-0.2, -0.15) is 4.98 Å². The molecule has 5 aliphatic rings. The van der Waals surface area contributed by atoms with Gasteiger partial charge in [0.25, 0.3) is 0 Å². The van der Waals surface area contributed by atoms with Gasteiger partial charge in [0.1, 0.15) is 11.4 Å². The molecule has 2 saturated heterocycles. The third kappa shape index (κ3) is 3.23. The second kappa shape index (κ2) is 9.02. The molecular formula is C34H34N6O2. The molecule has 0 aliphatic carbocycles. The van der Waals surface area contributed by atoms with Crippen molar-refractivity contribution in [3.8, 4) is 22.3 Å².